The first-order valence-corrected chi connectivity index (χ1v) is 24.8. The van der Waals surface area contributed by atoms with Crippen LogP contribution in [0.15, 0.2) is 86.0 Å². The van der Waals surface area contributed by atoms with Crippen LogP contribution < -0.4 is 18.9 Å². The lowest BCUT2D eigenvalue weighted by atomic mass is 10.1. The van der Waals surface area contributed by atoms with Gasteiger partial charge in [-0.1, -0.05) is 71.7 Å². The van der Waals surface area contributed by atoms with E-state index in [1.165, 1.54) is 6.07 Å². The molecule has 7 nitrogen and oxygen atoms in total. The lowest BCUT2D eigenvalue weighted by Crippen LogP contribution is -2.01. The van der Waals surface area contributed by atoms with Crippen LogP contribution in [0.2, 0.25) is 0 Å². The van der Waals surface area contributed by atoms with Gasteiger partial charge in [-0.3, -0.25) is 0 Å². The molecule has 0 fully saturated rings. The third-order valence-corrected chi connectivity index (χ3v) is 12.3. The summed E-state index contributed by atoms with van der Waals surface area (Å²) in [6.45, 7) is 19.2. The monoisotopic (exact) mass is 1010 g/mol. The summed E-state index contributed by atoms with van der Waals surface area (Å²) in [5.74, 6) is 4.24. The molecule has 0 unspecified atom stereocenters. The predicted molar refractivity (Wildman–Crippen MR) is 278 cm³/mol. The molecule has 9 aromatic rings. The van der Waals surface area contributed by atoms with Gasteiger partial charge in [-0.05, 0) is 137 Å². The second kappa shape index (κ2) is 24.2. The van der Waals surface area contributed by atoms with Gasteiger partial charge in [-0.15, -0.1) is 5.92 Å². The fraction of sp³-hybridized carbons (Fsp3) is 0.367. The van der Waals surface area contributed by atoms with Gasteiger partial charge in [-0.2, -0.15) is 17.6 Å². The molecule has 3 heterocycles. The van der Waals surface area contributed by atoms with Crippen LogP contribution in [-0.4, -0.2) is 26.4 Å². The number of halogens is 6. The zero-order chi connectivity index (χ0) is 52.5. The Hall–Kier alpha value is -6.94. The normalized spacial score (nSPS) is 11.5. The highest BCUT2D eigenvalue weighted by Crippen LogP contribution is 2.40. The highest BCUT2D eigenvalue weighted by Gasteiger charge is 2.22. The van der Waals surface area contributed by atoms with Crippen molar-refractivity contribution in [1.82, 2.24) is 0 Å². The van der Waals surface area contributed by atoms with Crippen LogP contribution in [0.5, 0.6) is 23.0 Å². The first-order valence-electron chi connectivity index (χ1n) is 24.8. The van der Waals surface area contributed by atoms with E-state index in [0.717, 1.165) is 38.5 Å². The molecule has 0 amide bonds. The minimum atomic E-state index is -0.666. The van der Waals surface area contributed by atoms with E-state index in [9.17, 15) is 26.3 Å². The number of furan rings is 3. The van der Waals surface area contributed by atoms with Crippen molar-refractivity contribution in [1.29, 1.82) is 0 Å². The van der Waals surface area contributed by atoms with Gasteiger partial charge in [0.25, 0.3) is 0 Å². The van der Waals surface area contributed by atoms with E-state index in [4.69, 9.17) is 32.2 Å². The van der Waals surface area contributed by atoms with E-state index in [0.29, 0.717) is 81.0 Å². The first-order chi connectivity index (χ1) is 35.0. The molecule has 0 spiro atoms. The predicted octanol–water partition coefficient (Wildman–Crippen LogP) is 18.1. The molecule has 0 N–H and O–H groups in total. The Kier molecular flexibility index (Phi) is 17.8. The smallest absolute Gasteiger partial charge is 0.208 e. The molecule has 0 saturated heterocycles. The van der Waals surface area contributed by atoms with Crippen molar-refractivity contribution in [2.45, 2.75) is 101 Å². The van der Waals surface area contributed by atoms with Crippen molar-refractivity contribution in [2.75, 3.05) is 26.4 Å². The van der Waals surface area contributed by atoms with E-state index < -0.39 is 34.9 Å². The molecule has 0 saturated carbocycles. The minimum absolute atomic E-state index is 0.0178. The summed E-state index contributed by atoms with van der Waals surface area (Å²) in [7, 11) is 0. The van der Waals surface area contributed by atoms with Gasteiger partial charge in [0.2, 0.25) is 23.3 Å². The van der Waals surface area contributed by atoms with Crippen molar-refractivity contribution >= 4 is 65.8 Å². The van der Waals surface area contributed by atoms with Crippen molar-refractivity contribution in [3.05, 3.63) is 119 Å². The Balaban J connectivity index is 0.000000161. The maximum Gasteiger partial charge on any atom is 0.208 e. The molecular weight excluding hydrogens is 947 g/mol. The van der Waals surface area contributed by atoms with E-state index in [1.807, 2.05) is 0 Å². The molecule has 3 aromatic heterocycles. The molecule has 0 atom stereocenters. The number of ether oxygens (including phenoxy) is 4. The van der Waals surface area contributed by atoms with Gasteiger partial charge in [0, 0.05) is 32.3 Å². The van der Waals surface area contributed by atoms with Crippen LogP contribution in [0.25, 0.3) is 65.8 Å². The quantitative estimate of drug-likeness (QED) is 0.0511. The summed E-state index contributed by atoms with van der Waals surface area (Å²) < 4.78 is 125. The molecule has 0 radical (unpaired) electrons. The number of aryl methyl sites for hydroxylation is 2. The zero-order valence-electron chi connectivity index (χ0n) is 42.9. The minimum Gasteiger partial charge on any atom is -0.490 e. The number of hydrogen-bond donors (Lipinski definition) is 0. The Morgan fingerprint density at radius 3 is 0.918 bits per heavy atom. The standard InChI is InChI=1S/C22H22F2O3.2C19H20F2O2/c1-4-5-12-25-17-10-8-15-16-9-11-18(26-13-6-7-14(2)3)20(24)22(16)27-21(15)19(17)23;2*1-11(2)5-4-10-22-15-9-8-14-13-7-6-12(3)16(20)18(13)23-19(14)17(15)21/h8-11,14H,6-7,12-13H2,1-3H3;2*6-9,11H,4-5,10H2,1-3H3. The maximum absolute atomic E-state index is 14.8. The van der Waals surface area contributed by atoms with Gasteiger partial charge in [0.15, 0.2) is 68.1 Å². The molecule has 0 aliphatic heterocycles. The Labute approximate surface area is 421 Å². The van der Waals surface area contributed by atoms with Crippen LogP contribution in [0.3, 0.4) is 0 Å². The van der Waals surface area contributed by atoms with Crippen molar-refractivity contribution in [3.8, 4) is 34.8 Å². The van der Waals surface area contributed by atoms with E-state index >= 15 is 0 Å². The fourth-order valence-electron chi connectivity index (χ4n) is 8.29. The van der Waals surface area contributed by atoms with Gasteiger partial charge in [0.1, 0.15) is 6.61 Å². The van der Waals surface area contributed by atoms with Gasteiger partial charge < -0.3 is 32.2 Å². The summed E-state index contributed by atoms with van der Waals surface area (Å²) in [5.41, 5.74) is 1.17. The molecule has 386 valence electrons. The molecule has 13 heteroatoms. The van der Waals surface area contributed by atoms with Crippen LogP contribution in [-0.2, 0) is 0 Å². The van der Waals surface area contributed by atoms with Crippen LogP contribution in [0, 0.1) is 78.3 Å². The average Bonchev–Trinajstić information content (AvgIpc) is 4.07. The summed E-state index contributed by atoms with van der Waals surface area (Å²) in [4.78, 5) is 0. The first kappa shape index (κ1) is 53.8. The summed E-state index contributed by atoms with van der Waals surface area (Å²) in [6, 6.07) is 19.8. The van der Waals surface area contributed by atoms with Crippen LogP contribution >= 0.6 is 0 Å². The Bertz CT molecular complexity index is 3280. The van der Waals surface area contributed by atoms with Crippen LogP contribution in [0.4, 0.5) is 26.3 Å². The Morgan fingerprint density at radius 2 is 0.644 bits per heavy atom. The maximum atomic E-state index is 14.8. The molecule has 0 aliphatic rings. The second-order valence-corrected chi connectivity index (χ2v) is 19.3. The SMILES string of the molecule is CC#CCOc1ccc2c(oc3c(F)c(OCCCC(C)C)ccc32)c1F.Cc1ccc2c(oc3c(F)c(OCCCC(C)C)ccc32)c1F.Cc1ccc2c(oc3c(F)c(OCCCC(C)C)ccc32)c1F. The summed E-state index contributed by atoms with van der Waals surface area (Å²) in [5, 5.41) is 3.26. The molecular formula is C60H62F6O7. The number of rotatable bonds is 17. The fourth-order valence-corrected chi connectivity index (χ4v) is 8.29. The summed E-state index contributed by atoms with van der Waals surface area (Å²) >= 11 is 0. The number of fused-ring (bicyclic) bond motifs is 9. The molecule has 9 rings (SSSR count). The lowest BCUT2D eigenvalue weighted by Gasteiger charge is -2.08. The second-order valence-electron chi connectivity index (χ2n) is 19.3. The lowest BCUT2D eigenvalue weighted by molar-refractivity contribution is 0.284. The molecule has 0 bridgehead atoms. The van der Waals surface area contributed by atoms with E-state index in [-0.39, 0.29) is 63.1 Å². The molecule has 6 aromatic carbocycles. The van der Waals surface area contributed by atoms with E-state index in [2.05, 4.69) is 53.4 Å². The number of hydrogen-bond acceptors (Lipinski definition) is 7. The Morgan fingerprint density at radius 1 is 0.384 bits per heavy atom. The third-order valence-electron chi connectivity index (χ3n) is 12.3. The summed E-state index contributed by atoms with van der Waals surface area (Å²) in [6.07, 6.45) is 5.63. The molecule has 0 aliphatic carbocycles. The largest absolute Gasteiger partial charge is 0.490 e. The van der Waals surface area contributed by atoms with Gasteiger partial charge in [-0.25, -0.2) is 8.78 Å². The van der Waals surface area contributed by atoms with E-state index in [1.54, 1.807) is 87.5 Å². The van der Waals surface area contributed by atoms with Crippen LogP contribution in [0.1, 0.15) is 98.1 Å². The van der Waals surface area contributed by atoms with Crippen molar-refractivity contribution in [3.63, 3.8) is 0 Å². The molecule has 73 heavy (non-hydrogen) atoms. The van der Waals surface area contributed by atoms with Crippen molar-refractivity contribution < 1.29 is 58.5 Å². The van der Waals surface area contributed by atoms with Crippen molar-refractivity contribution in [2.24, 2.45) is 17.8 Å². The van der Waals surface area contributed by atoms with Gasteiger partial charge >= 0.3 is 0 Å². The highest BCUT2D eigenvalue weighted by molar-refractivity contribution is 6.07. The topological polar surface area (TPSA) is 76.3 Å². The third kappa shape index (κ3) is 12.3. The van der Waals surface area contributed by atoms with Gasteiger partial charge in [0.05, 0.1) is 19.8 Å². The average molecular weight is 1010 g/mol. The highest BCUT2D eigenvalue weighted by atomic mass is 19.1. The zero-order valence-corrected chi connectivity index (χ0v) is 42.9. The number of benzene rings is 6.